The summed E-state index contributed by atoms with van der Waals surface area (Å²) in [6.45, 7) is 15.3. The van der Waals surface area contributed by atoms with Crippen LogP contribution in [0.4, 0.5) is 0 Å². The van der Waals surface area contributed by atoms with E-state index in [4.69, 9.17) is 0 Å². The molecule has 3 unspecified atom stereocenters. The first kappa shape index (κ1) is 20.5. The molecule has 1 heterocycles. The number of hydrogen-bond donors (Lipinski definition) is 0. The number of nitrogens with zero attached hydrogens (tertiary/aromatic N) is 2. The topological polar surface area (TPSA) is 23.6 Å². The minimum atomic E-state index is 0.110. The first-order valence-electron chi connectivity index (χ1n) is 10.2. The van der Waals surface area contributed by atoms with E-state index < -0.39 is 0 Å². The van der Waals surface area contributed by atoms with Gasteiger partial charge in [-0.05, 0) is 38.8 Å². The fourth-order valence-electron chi connectivity index (χ4n) is 4.32. The van der Waals surface area contributed by atoms with Gasteiger partial charge in [-0.2, -0.15) is 0 Å². The van der Waals surface area contributed by atoms with E-state index in [1.54, 1.807) is 6.92 Å². The van der Waals surface area contributed by atoms with Gasteiger partial charge in [-0.15, -0.1) is 6.58 Å². The van der Waals surface area contributed by atoms with Gasteiger partial charge in [-0.3, -0.25) is 14.6 Å². The molecular weight excluding hydrogens is 344 g/mol. The fourth-order valence-corrected chi connectivity index (χ4v) is 4.32. The Morgan fingerprint density at radius 3 is 2.43 bits per heavy atom. The highest BCUT2D eigenvalue weighted by molar-refractivity contribution is 5.94. The number of aryl methyl sites for hydroxylation is 1. The van der Waals surface area contributed by atoms with Gasteiger partial charge >= 0.3 is 0 Å². The quantitative estimate of drug-likeness (QED) is 0.531. The van der Waals surface area contributed by atoms with Crippen molar-refractivity contribution in [2.24, 2.45) is 0 Å². The number of carbonyl (C=O) groups excluding carboxylic acids is 1. The molecule has 3 rings (SSSR count). The number of piperazine rings is 1. The zero-order chi connectivity index (χ0) is 20.3. The average molecular weight is 377 g/mol. The van der Waals surface area contributed by atoms with E-state index >= 15 is 0 Å². The predicted octanol–water partition coefficient (Wildman–Crippen LogP) is 4.87. The summed E-state index contributed by atoms with van der Waals surface area (Å²) in [6, 6.07) is 18.0. The summed E-state index contributed by atoms with van der Waals surface area (Å²) in [5.41, 5.74) is 4.59. The van der Waals surface area contributed by atoms with Crippen molar-refractivity contribution in [3.63, 3.8) is 0 Å². The highest BCUT2D eigenvalue weighted by Gasteiger charge is 2.34. The molecule has 3 atom stereocenters. The van der Waals surface area contributed by atoms with Crippen LogP contribution in [-0.2, 0) is 0 Å². The molecule has 1 aliphatic rings. The van der Waals surface area contributed by atoms with Crippen molar-refractivity contribution in [3.05, 3.63) is 83.4 Å². The smallest absolute Gasteiger partial charge is 0.159 e. The van der Waals surface area contributed by atoms with Crippen LogP contribution in [0.25, 0.3) is 0 Å². The van der Waals surface area contributed by atoms with Gasteiger partial charge in [0.1, 0.15) is 0 Å². The summed E-state index contributed by atoms with van der Waals surface area (Å²) in [7, 11) is 0. The number of rotatable bonds is 6. The van der Waals surface area contributed by atoms with Gasteiger partial charge in [0.25, 0.3) is 0 Å². The predicted molar refractivity (Wildman–Crippen MR) is 117 cm³/mol. The maximum atomic E-state index is 11.7. The number of hydrogen-bond acceptors (Lipinski definition) is 3. The molecule has 1 aliphatic heterocycles. The monoisotopic (exact) mass is 376 g/mol. The van der Waals surface area contributed by atoms with Crippen LogP contribution in [0.15, 0.2) is 61.2 Å². The van der Waals surface area contributed by atoms with Gasteiger partial charge < -0.3 is 0 Å². The molecule has 0 aromatic heterocycles. The number of carbonyl (C=O) groups is 1. The van der Waals surface area contributed by atoms with Gasteiger partial charge in [0.15, 0.2) is 5.78 Å². The second-order valence-electron chi connectivity index (χ2n) is 8.13. The third-order valence-electron chi connectivity index (χ3n) is 5.85. The summed E-state index contributed by atoms with van der Waals surface area (Å²) in [4.78, 5) is 16.8. The van der Waals surface area contributed by atoms with Crippen molar-refractivity contribution < 1.29 is 4.79 Å². The molecule has 3 heteroatoms. The molecule has 0 N–H and O–H groups in total. The molecule has 0 saturated carbocycles. The van der Waals surface area contributed by atoms with Crippen LogP contribution >= 0.6 is 0 Å². The summed E-state index contributed by atoms with van der Waals surface area (Å²) in [5.74, 6) is 0.110. The Hall–Kier alpha value is -2.23. The highest BCUT2D eigenvalue weighted by Crippen LogP contribution is 2.33. The first-order valence-corrected chi connectivity index (χ1v) is 10.2. The van der Waals surface area contributed by atoms with Gasteiger partial charge in [-0.25, -0.2) is 0 Å². The second kappa shape index (κ2) is 8.85. The van der Waals surface area contributed by atoms with Crippen LogP contribution in [0.2, 0.25) is 0 Å². The van der Waals surface area contributed by atoms with E-state index in [9.17, 15) is 4.79 Å². The van der Waals surface area contributed by atoms with Gasteiger partial charge in [-0.1, -0.05) is 60.2 Å². The summed E-state index contributed by atoms with van der Waals surface area (Å²) >= 11 is 0. The zero-order valence-corrected chi connectivity index (χ0v) is 17.6. The van der Waals surface area contributed by atoms with Crippen LogP contribution < -0.4 is 0 Å². The molecule has 0 radical (unpaired) electrons. The molecule has 28 heavy (non-hydrogen) atoms. The Balaban J connectivity index is 1.99. The third kappa shape index (κ3) is 4.43. The first-order chi connectivity index (χ1) is 13.4. The third-order valence-corrected chi connectivity index (χ3v) is 5.85. The standard InChI is InChI=1S/C25H32N2O/c1-6-14-26-16-20(4)27(17-19(26)3)25(24-9-7-8-18(2)15-24)23-12-10-22(11-13-23)21(5)28/h6-13,15,19-20,25H,1,14,16-17H2,2-5H3. The Morgan fingerprint density at radius 2 is 1.82 bits per heavy atom. The molecule has 0 aliphatic carbocycles. The lowest BCUT2D eigenvalue weighted by Gasteiger charge is -2.47. The Bertz CT molecular complexity index is 827. The molecule has 2 aromatic rings. The molecule has 1 saturated heterocycles. The maximum Gasteiger partial charge on any atom is 0.159 e. The molecule has 148 valence electrons. The van der Waals surface area contributed by atoms with E-state index in [-0.39, 0.29) is 11.8 Å². The van der Waals surface area contributed by atoms with Crippen LogP contribution in [0, 0.1) is 6.92 Å². The van der Waals surface area contributed by atoms with E-state index in [1.165, 1.54) is 16.7 Å². The van der Waals surface area contributed by atoms with Crippen molar-refractivity contribution in [1.82, 2.24) is 9.80 Å². The summed E-state index contributed by atoms with van der Waals surface area (Å²) < 4.78 is 0. The number of ketones is 1. The van der Waals surface area contributed by atoms with Crippen LogP contribution in [0.5, 0.6) is 0 Å². The Morgan fingerprint density at radius 1 is 1.11 bits per heavy atom. The van der Waals surface area contributed by atoms with Crippen molar-refractivity contribution in [1.29, 1.82) is 0 Å². The fraction of sp³-hybridized carbons (Fsp3) is 0.400. The van der Waals surface area contributed by atoms with E-state index in [0.717, 1.165) is 25.2 Å². The summed E-state index contributed by atoms with van der Waals surface area (Å²) in [6.07, 6.45) is 2.00. The SMILES string of the molecule is C=CCN1CC(C)N(C(c2ccc(C(C)=O)cc2)c2cccc(C)c2)CC1C. The molecule has 0 spiro atoms. The second-order valence-corrected chi connectivity index (χ2v) is 8.13. The lowest BCUT2D eigenvalue weighted by Crippen LogP contribution is -2.57. The van der Waals surface area contributed by atoms with Crippen molar-refractivity contribution in [3.8, 4) is 0 Å². The van der Waals surface area contributed by atoms with Crippen molar-refractivity contribution in [2.75, 3.05) is 19.6 Å². The van der Waals surface area contributed by atoms with E-state index in [2.05, 4.69) is 73.5 Å². The van der Waals surface area contributed by atoms with Crippen molar-refractivity contribution in [2.45, 2.75) is 45.8 Å². The minimum Gasteiger partial charge on any atom is -0.295 e. The van der Waals surface area contributed by atoms with Crippen LogP contribution in [0.3, 0.4) is 0 Å². The molecule has 1 fully saturated rings. The van der Waals surface area contributed by atoms with Crippen molar-refractivity contribution >= 4 is 5.78 Å². The van der Waals surface area contributed by atoms with Crippen LogP contribution in [-0.4, -0.2) is 47.3 Å². The largest absolute Gasteiger partial charge is 0.295 e. The molecular formula is C25H32N2O. The molecule has 3 nitrogen and oxygen atoms in total. The lowest BCUT2D eigenvalue weighted by molar-refractivity contribution is 0.0306. The van der Waals surface area contributed by atoms with E-state index in [0.29, 0.717) is 12.1 Å². The Kier molecular flexibility index (Phi) is 6.48. The van der Waals surface area contributed by atoms with Gasteiger partial charge in [0.2, 0.25) is 0 Å². The molecule has 0 amide bonds. The normalized spacial score (nSPS) is 22.0. The van der Waals surface area contributed by atoms with Gasteiger partial charge in [0, 0.05) is 37.3 Å². The number of benzene rings is 2. The average Bonchev–Trinajstić information content (AvgIpc) is 2.66. The molecule has 2 aromatic carbocycles. The van der Waals surface area contributed by atoms with E-state index in [1.807, 2.05) is 18.2 Å². The van der Waals surface area contributed by atoms with Crippen LogP contribution in [0.1, 0.15) is 53.9 Å². The number of Topliss-reactive ketones (excluding diaryl/α,β-unsaturated/α-hetero) is 1. The molecule has 0 bridgehead atoms. The Labute approximate surface area is 169 Å². The lowest BCUT2D eigenvalue weighted by atomic mass is 9.92. The zero-order valence-electron chi connectivity index (χ0n) is 17.6. The summed E-state index contributed by atoms with van der Waals surface area (Å²) in [5, 5.41) is 0. The van der Waals surface area contributed by atoms with Gasteiger partial charge in [0.05, 0.1) is 6.04 Å². The minimum absolute atomic E-state index is 0.110. The highest BCUT2D eigenvalue weighted by atomic mass is 16.1. The maximum absolute atomic E-state index is 11.7.